The highest BCUT2D eigenvalue weighted by molar-refractivity contribution is 6.05. The van der Waals surface area contributed by atoms with E-state index in [1.807, 2.05) is 40.9 Å². The van der Waals surface area contributed by atoms with Crippen molar-refractivity contribution in [1.82, 2.24) is 29.5 Å². The van der Waals surface area contributed by atoms with Crippen LogP contribution in [-0.2, 0) is 7.05 Å². The summed E-state index contributed by atoms with van der Waals surface area (Å²) in [5, 5.41) is 7.95. The van der Waals surface area contributed by atoms with Crippen LogP contribution in [0.1, 0.15) is 22.2 Å². The molecule has 0 radical (unpaired) electrons. The SMILES string of the molecule is CN1CCN(C(=O)c2cccc3cn[nH]c23)C[C@H]1c1nccn1C. The summed E-state index contributed by atoms with van der Waals surface area (Å²) in [7, 11) is 4.07. The van der Waals surface area contributed by atoms with E-state index >= 15 is 0 Å². The van der Waals surface area contributed by atoms with Gasteiger partial charge in [0.2, 0.25) is 0 Å². The summed E-state index contributed by atoms with van der Waals surface area (Å²) in [5.41, 5.74) is 1.48. The highest BCUT2D eigenvalue weighted by Crippen LogP contribution is 2.25. The van der Waals surface area contributed by atoms with Crippen LogP contribution >= 0.6 is 0 Å². The highest BCUT2D eigenvalue weighted by Gasteiger charge is 2.31. The van der Waals surface area contributed by atoms with E-state index in [4.69, 9.17) is 0 Å². The molecule has 3 heterocycles. The Morgan fingerprint density at radius 3 is 2.96 bits per heavy atom. The summed E-state index contributed by atoms with van der Waals surface area (Å²) in [5.74, 6) is 1.02. The Labute approximate surface area is 139 Å². The van der Waals surface area contributed by atoms with Gasteiger partial charge in [-0.25, -0.2) is 4.98 Å². The summed E-state index contributed by atoms with van der Waals surface area (Å²) in [6.07, 6.45) is 5.48. The molecule has 0 saturated carbocycles. The fourth-order valence-electron chi connectivity index (χ4n) is 3.35. The van der Waals surface area contributed by atoms with E-state index in [1.54, 1.807) is 12.4 Å². The van der Waals surface area contributed by atoms with Crippen LogP contribution in [0, 0.1) is 0 Å². The molecule has 2 aromatic heterocycles. The molecule has 1 N–H and O–H groups in total. The van der Waals surface area contributed by atoms with Gasteiger partial charge in [0, 0.05) is 44.5 Å². The molecule has 1 aliphatic heterocycles. The number of carbonyl (C=O) groups is 1. The molecule has 1 aliphatic rings. The summed E-state index contributed by atoms with van der Waals surface area (Å²) in [6.45, 7) is 2.16. The highest BCUT2D eigenvalue weighted by atomic mass is 16.2. The van der Waals surface area contributed by atoms with E-state index in [9.17, 15) is 4.79 Å². The lowest BCUT2D eigenvalue weighted by atomic mass is 10.1. The molecule has 0 aliphatic carbocycles. The summed E-state index contributed by atoms with van der Waals surface area (Å²) < 4.78 is 2.02. The third kappa shape index (κ3) is 2.37. The fraction of sp³-hybridized carbons (Fsp3) is 0.353. The first-order chi connectivity index (χ1) is 11.6. The normalized spacial score (nSPS) is 19.1. The monoisotopic (exact) mass is 324 g/mol. The molecule has 7 nitrogen and oxygen atoms in total. The lowest BCUT2D eigenvalue weighted by Gasteiger charge is -2.39. The van der Waals surface area contributed by atoms with Gasteiger partial charge in [-0.1, -0.05) is 12.1 Å². The quantitative estimate of drug-likeness (QED) is 0.774. The van der Waals surface area contributed by atoms with Crippen LogP contribution < -0.4 is 0 Å². The van der Waals surface area contributed by atoms with Gasteiger partial charge >= 0.3 is 0 Å². The standard InChI is InChI=1S/C17H20N6O/c1-21-8-9-23(11-14(21)16-18-6-7-22(16)2)17(24)13-5-3-4-12-10-19-20-15(12)13/h3-7,10,14H,8-9,11H2,1-2H3,(H,19,20)/t14-/m0/s1. The molecule has 0 unspecified atom stereocenters. The maximum atomic E-state index is 13.1. The molecule has 1 amide bonds. The first kappa shape index (κ1) is 14.9. The number of benzene rings is 1. The van der Waals surface area contributed by atoms with Crippen LogP contribution in [0.5, 0.6) is 0 Å². The van der Waals surface area contributed by atoms with Gasteiger partial charge in [0.05, 0.1) is 23.3 Å². The Morgan fingerprint density at radius 2 is 2.17 bits per heavy atom. The third-order valence-electron chi connectivity index (χ3n) is 4.80. The number of para-hydroxylation sites is 1. The Kier molecular flexibility index (Phi) is 3.57. The second-order valence-corrected chi connectivity index (χ2v) is 6.28. The zero-order valence-corrected chi connectivity index (χ0v) is 13.8. The number of likely N-dealkylation sites (N-methyl/N-ethyl adjacent to an activating group) is 1. The number of aromatic nitrogens is 4. The van der Waals surface area contributed by atoms with Crippen molar-refractivity contribution in [3.05, 3.63) is 48.2 Å². The van der Waals surface area contributed by atoms with E-state index in [0.29, 0.717) is 18.7 Å². The summed E-state index contributed by atoms with van der Waals surface area (Å²) >= 11 is 0. The molecule has 24 heavy (non-hydrogen) atoms. The van der Waals surface area contributed by atoms with Gasteiger partial charge < -0.3 is 9.47 Å². The molecule has 124 valence electrons. The van der Waals surface area contributed by atoms with Gasteiger partial charge in [0.15, 0.2) is 0 Å². The molecule has 1 fully saturated rings. The third-order valence-corrected chi connectivity index (χ3v) is 4.80. The Morgan fingerprint density at radius 1 is 1.29 bits per heavy atom. The number of piperazine rings is 1. The molecule has 7 heteroatoms. The van der Waals surface area contributed by atoms with Crippen LogP contribution in [0.2, 0.25) is 0 Å². The predicted octanol–water partition coefficient (Wildman–Crippen LogP) is 1.43. The first-order valence-corrected chi connectivity index (χ1v) is 8.04. The molecule has 4 rings (SSSR count). The van der Waals surface area contributed by atoms with Crippen LogP contribution in [0.25, 0.3) is 10.9 Å². The van der Waals surface area contributed by atoms with Crippen LogP contribution in [-0.4, -0.2) is 62.1 Å². The van der Waals surface area contributed by atoms with Crippen molar-refractivity contribution in [2.45, 2.75) is 6.04 Å². The van der Waals surface area contributed by atoms with Crippen molar-refractivity contribution in [2.75, 3.05) is 26.7 Å². The van der Waals surface area contributed by atoms with Crippen molar-refractivity contribution in [3.8, 4) is 0 Å². The number of carbonyl (C=O) groups excluding carboxylic acids is 1. The van der Waals surface area contributed by atoms with Gasteiger partial charge in [-0.3, -0.25) is 14.8 Å². The minimum atomic E-state index is 0.0390. The maximum absolute atomic E-state index is 13.1. The van der Waals surface area contributed by atoms with Crippen LogP contribution in [0.3, 0.4) is 0 Å². The second-order valence-electron chi connectivity index (χ2n) is 6.28. The van der Waals surface area contributed by atoms with Gasteiger partial charge in [0.1, 0.15) is 5.82 Å². The Hall–Kier alpha value is -2.67. The van der Waals surface area contributed by atoms with E-state index < -0.39 is 0 Å². The van der Waals surface area contributed by atoms with Crippen molar-refractivity contribution < 1.29 is 4.79 Å². The number of hydrogen-bond acceptors (Lipinski definition) is 4. The zero-order chi connectivity index (χ0) is 16.7. The number of nitrogens with zero attached hydrogens (tertiary/aromatic N) is 5. The lowest BCUT2D eigenvalue weighted by Crippen LogP contribution is -2.49. The fourth-order valence-corrected chi connectivity index (χ4v) is 3.35. The molecule has 1 atom stereocenters. The second kappa shape index (κ2) is 5.76. The number of aryl methyl sites for hydroxylation is 1. The van der Waals surface area contributed by atoms with Crippen molar-refractivity contribution in [1.29, 1.82) is 0 Å². The number of nitrogens with one attached hydrogen (secondary N) is 1. The number of hydrogen-bond donors (Lipinski definition) is 1. The van der Waals surface area contributed by atoms with Crippen molar-refractivity contribution in [2.24, 2.45) is 7.05 Å². The minimum absolute atomic E-state index is 0.0390. The molecule has 0 bridgehead atoms. The van der Waals surface area contributed by atoms with Gasteiger partial charge in [-0.15, -0.1) is 0 Å². The number of rotatable bonds is 2. The zero-order valence-electron chi connectivity index (χ0n) is 13.8. The number of imidazole rings is 1. The number of amides is 1. The van der Waals surface area contributed by atoms with E-state index in [1.165, 1.54) is 0 Å². The molecule has 1 aromatic carbocycles. The lowest BCUT2D eigenvalue weighted by molar-refractivity contribution is 0.0530. The van der Waals surface area contributed by atoms with Gasteiger partial charge in [0.25, 0.3) is 5.91 Å². The maximum Gasteiger partial charge on any atom is 0.256 e. The van der Waals surface area contributed by atoms with E-state index in [2.05, 4.69) is 27.1 Å². The number of fused-ring (bicyclic) bond motifs is 1. The van der Waals surface area contributed by atoms with Crippen LogP contribution in [0.4, 0.5) is 0 Å². The average Bonchev–Trinajstić information content (AvgIpc) is 3.23. The first-order valence-electron chi connectivity index (χ1n) is 8.04. The predicted molar refractivity (Wildman–Crippen MR) is 90.6 cm³/mol. The molecular weight excluding hydrogens is 304 g/mol. The summed E-state index contributed by atoms with van der Waals surface area (Å²) in [6, 6.07) is 5.81. The molecular formula is C17H20N6O. The summed E-state index contributed by atoms with van der Waals surface area (Å²) in [4.78, 5) is 21.7. The van der Waals surface area contributed by atoms with Crippen molar-refractivity contribution in [3.63, 3.8) is 0 Å². The molecule has 3 aromatic rings. The van der Waals surface area contributed by atoms with Crippen LogP contribution in [0.15, 0.2) is 36.8 Å². The van der Waals surface area contributed by atoms with E-state index in [0.717, 1.165) is 23.3 Å². The van der Waals surface area contributed by atoms with Gasteiger partial charge in [-0.05, 0) is 13.1 Å². The average molecular weight is 324 g/mol. The number of H-pyrrole nitrogens is 1. The van der Waals surface area contributed by atoms with Gasteiger partial charge in [-0.2, -0.15) is 5.10 Å². The Balaban J connectivity index is 1.63. The molecule has 0 spiro atoms. The largest absolute Gasteiger partial charge is 0.337 e. The van der Waals surface area contributed by atoms with Crippen molar-refractivity contribution >= 4 is 16.8 Å². The molecule has 1 saturated heterocycles. The topological polar surface area (TPSA) is 70.1 Å². The smallest absolute Gasteiger partial charge is 0.256 e. The minimum Gasteiger partial charge on any atom is -0.337 e. The Bertz CT molecular complexity index is 882. The number of aromatic amines is 1. The van der Waals surface area contributed by atoms with E-state index in [-0.39, 0.29) is 11.9 Å².